The Kier molecular flexibility index (Phi) is 57.0. The van der Waals surface area contributed by atoms with E-state index in [1.807, 2.05) is 0 Å². The highest BCUT2D eigenvalue weighted by Crippen LogP contribution is 2.17. The molecule has 0 saturated heterocycles. The fourth-order valence-corrected chi connectivity index (χ4v) is 9.44. The first-order valence-corrected chi connectivity index (χ1v) is 30.7. The summed E-state index contributed by atoms with van der Waals surface area (Å²) in [4.78, 5) is 24.4. The standard InChI is InChI=1S/C63H119NO5/c1-3-5-7-9-11-13-14-33-37-41-45-49-53-57-63(68)69-58-54-50-46-42-38-35-32-30-28-26-24-22-20-18-16-15-17-19-21-23-25-27-29-31-34-36-40-44-48-52-56-62(67)64-60(59-65)61(66)55-51-47-43-39-12-10-8-6-4-2/h7,9,13-14,16,18,60-61,65-66H,3-6,8,10-12,15,17,19-59H2,1-2H3,(H,64,67)/b9-7-,14-13-,18-16-. The number of carbonyl (C=O) groups excluding carboxylic acids is 2. The van der Waals surface area contributed by atoms with Gasteiger partial charge >= 0.3 is 5.97 Å². The highest BCUT2D eigenvalue weighted by atomic mass is 16.5. The summed E-state index contributed by atoms with van der Waals surface area (Å²) in [7, 11) is 0. The molecule has 0 aliphatic carbocycles. The number of hydrogen-bond acceptors (Lipinski definition) is 5. The van der Waals surface area contributed by atoms with E-state index in [1.54, 1.807) is 0 Å². The van der Waals surface area contributed by atoms with E-state index >= 15 is 0 Å². The minimum atomic E-state index is -0.661. The van der Waals surface area contributed by atoms with Crippen molar-refractivity contribution in [2.75, 3.05) is 13.2 Å². The van der Waals surface area contributed by atoms with E-state index in [0.717, 1.165) is 51.4 Å². The smallest absolute Gasteiger partial charge is 0.305 e. The first kappa shape index (κ1) is 67.1. The molecule has 0 aliphatic rings. The minimum absolute atomic E-state index is 0.00144. The van der Waals surface area contributed by atoms with Gasteiger partial charge < -0.3 is 20.3 Å². The molecule has 0 aliphatic heterocycles. The molecule has 406 valence electrons. The maximum Gasteiger partial charge on any atom is 0.305 e. The number of nitrogens with one attached hydrogen (secondary N) is 1. The van der Waals surface area contributed by atoms with Gasteiger partial charge in [0.25, 0.3) is 0 Å². The topological polar surface area (TPSA) is 95.9 Å². The molecule has 0 saturated carbocycles. The Bertz CT molecular complexity index is 1120. The van der Waals surface area contributed by atoms with Gasteiger partial charge in [-0.25, -0.2) is 0 Å². The summed E-state index contributed by atoms with van der Waals surface area (Å²) in [6.45, 7) is 4.87. The summed E-state index contributed by atoms with van der Waals surface area (Å²) in [5, 5.41) is 23.1. The molecule has 0 aromatic carbocycles. The molecule has 0 bridgehead atoms. The van der Waals surface area contributed by atoms with E-state index in [4.69, 9.17) is 4.74 Å². The molecule has 3 N–H and O–H groups in total. The third kappa shape index (κ3) is 55.2. The van der Waals surface area contributed by atoms with Crippen LogP contribution in [0.5, 0.6) is 0 Å². The number of esters is 1. The lowest BCUT2D eigenvalue weighted by molar-refractivity contribution is -0.143. The van der Waals surface area contributed by atoms with E-state index in [0.29, 0.717) is 25.9 Å². The second-order valence-corrected chi connectivity index (χ2v) is 21.0. The molecule has 0 aromatic heterocycles. The Morgan fingerprint density at radius 1 is 0.406 bits per heavy atom. The molecule has 2 unspecified atom stereocenters. The van der Waals surface area contributed by atoms with Crippen LogP contribution in [0.4, 0.5) is 0 Å². The summed E-state index contributed by atoms with van der Waals surface area (Å²) in [5.74, 6) is -0.0339. The average Bonchev–Trinajstić information content (AvgIpc) is 3.35. The third-order valence-electron chi connectivity index (χ3n) is 14.1. The van der Waals surface area contributed by atoms with Crippen molar-refractivity contribution in [2.45, 2.75) is 341 Å². The van der Waals surface area contributed by atoms with Gasteiger partial charge in [-0.15, -0.1) is 0 Å². The van der Waals surface area contributed by atoms with E-state index in [-0.39, 0.29) is 18.5 Å². The summed E-state index contributed by atoms with van der Waals surface area (Å²) in [6.07, 6.45) is 73.2. The minimum Gasteiger partial charge on any atom is -0.466 e. The Labute approximate surface area is 430 Å². The lowest BCUT2D eigenvalue weighted by Gasteiger charge is -2.22. The number of allylic oxidation sites excluding steroid dienone is 6. The van der Waals surface area contributed by atoms with Crippen LogP contribution in [-0.2, 0) is 14.3 Å². The van der Waals surface area contributed by atoms with Crippen molar-refractivity contribution >= 4 is 11.9 Å². The number of unbranched alkanes of at least 4 members (excludes halogenated alkanes) is 40. The van der Waals surface area contributed by atoms with Crippen molar-refractivity contribution in [2.24, 2.45) is 0 Å². The molecule has 0 aromatic rings. The van der Waals surface area contributed by atoms with Crippen molar-refractivity contribution in [3.8, 4) is 0 Å². The number of hydrogen-bond donors (Lipinski definition) is 3. The second-order valence-electron chi connectivity index (χ2n) is 21.0. The molecule has 0 rings (SSSR count). The largest absolute Gasteiger partial charge is 0.466 e. The van der Waals surface area contributed by atoms with Crippen LogP contribution in [0, 0.1) is 0 Å². The van der Waals surface area contributed by atoms with Gasteiger partial charge in [-0.1, -0.05) is 275 Å². The Balaban J connectivity index is 3.34. The predicted molar refractivity (Wildman–Crippen MR) is 301 cm³/mol. The number of amides is 1. The monoisotopic (exact) mass is 970 g/mol. The fraction of sp³-hybridized carbons (Fsp3) is 0.873. The number of carbonyl (C=O) groups is 2. The number of aliphatic hydroxyl groups excluding tert-OH is 2. The van der Waals surface area contributed by atoms with Crippen LogP contribution >= 0.6 is 0 Å². The summed E-state index contributed by atoms with van der Waals surface area (Å²) in [6, 6.07) is -0.538. The van der Waals surface area contributed by atoms with Gasteiger partial charge in [-0.05, 0) is 77.0 Å². The molecule has 0 spiro atoms. The molecule has 0 radical (unpaired) electrons. The molecular weight excluding hydrogens is 851 g/mol. The quantitative estimate of drug-likeness (QED) is 0.0321. The summed E-state index contributed by atoms with van der Waals surface area (Å²) in [5.41, 5.74) is 0. The Hall–Kier alpha value is -1.92. The van der Waals surface area contributed by atoms with Gasteiger partial charge in [-0.3, -0.25) is 9.59 Å². The predicted octanol–water partition coefficient (Wildman–Crippen LogP) is 19.2. The van der Waals surface area contributed by atoms with Gasteiger partial charge in [0.2, 0.25) is 5.91 Å². The molecule has 1 amide bonds. The molecule has 69 heavy (non-hydrogen) atoms. The summed E-state index contributed by atoms with van der Waals surface area (Å²) >= 11 is 0. The van der Waals surface area contributed by atoms with Crippen LogP contribution in [-0.4, -0.2) is 47.4 Å². The SMILES string of the molecule is CCC/C=C\C/C=C\CCCCCCCC(=O)OCCCCCCCCCCCCCC/C=C\CCCCCCCCCCCCCCCCC(=O)NC(CO)C(O)CCCCCCCCCCC. The van der Waals surface area contributed by atoms with E-state index < -0.39 is 12.1 Å². The Morgan fingerprint density at radius 2 is 0.754 bits per heavy atom. The summed E-state index contributed by atoms with van der Waals surface area (Å²) < 4.78 is 5.47. The molecule has 0 heterocycles. The van der Waals surface area contributed by atoms with Crippen molar-refractivity contribution in [1.82, 2.24) is 5.32 Å². The third-order valence-corrected chi connectivity index (χ3v) is 14.1. The van der Waals surface area contributed by atoms with Crippen molar-refractivity contribution < 1.29 is 24.5 Å². The van der Waals surface area contributed by atoms with Crippen molar-refractivity contribution in [3.05, 3.63) is 36.5 Å². The van der Waals surface area contributed by atoms with Gasteiger partial charge in [0.1, 0.15) is 0 Å². The average molecular weight is 971 g/mol. The van der Waals surface area contributed by atoms with E-state index in [2.05, 4.69) is 55.6 Å². The highest BCUT2D eigenvalue weighted by Gasteiger charge is 2.20. The number of aliphatic hydroxyl groups is 2. The highest BCUT2D eigenvalue weighted by molar-refractivity contribution is 5.76. The molecule has 6 nitrogen and oxygen atoms in total. The van der Waals surface area contributed by atoms with Crippen LogP contribution < -0.4 is 5.32 Å². The van der Waals surface area contributed by atoms with Crippen LogP contribution in [0.15, 0.2) is 36.5 Å². The molecule has 2 atom stereocenters. The lowest BCUT2D eigenvalue weighted by atomic mass is 10.0. The first-order valence-electron chi connectivity index (χ1n) is 30.7. The zero-order valence-electron chi connectivity index (χ0n) is 46.3. The van der Waals surface area contributed by atoms with Crippen LogP contribution in [0.25, 0.3) is 0 Å². The van der Waals surface area contributed by atoms with E-state index in [1.165, 1.54) is 244 Å². The maximum absolute atomic E-state index is 12.4. The first-order chi connectivity index (χ1) is 34.0. The van der Waals surface area contributed by atoms with Gasteiger partial charge in [0.15, 0.2) is 0 Å². The van der Waals surface area contributed by atoms with Crippen LogP contribution in [0.3, 0.4) is 0 Å². The zero-order valence-corrected chi connectivity index (χ0v) is 46.3. The fourth-order valence-electron chi connectivity index (χ4n) is 9.44. The van der Waals surface area contributed by atoms with Crippen molar-refractivity contribution in [1.29, 1.82) is 0 Å². The molecule has 6 heteroatoms. The van der Waals surface area contributed by atoms with Crippen LogP contribution in [0.1, 0.15) is 328 Å². The molecular formula is C63H119NO5. The van der Waals surface area contributed by atoms with E-state index in [9.17, 15) is 19.8 Å². The van der Waals surface area contributed by atoms with Gasteiger partial charge in [0.05, 0.1) is 25.4 Å². The lowest BCUT2D eigenvalue weighted by Crippen LogP contribution is -2.45. The second kappa shape index (κ2) is 58.6. The Morgan fingerprint density at radius 3 is 1.17 bits per heavy atom. The maximum atomic E-state index is 12.4. The zero-order chi connectivity index (χ0) is 50.0. The number of rotatable bonds is 57. The normalized spacial score (nSPS) is 12.8. The van der Waals surface area contributed by atoms with Crippen molar-refractivity contribution in [3.63, 3.8) is 0 Å². The number of ether oxygens (including phenoxy) is 1. The molecule has 0 fully saturated rings. The van der Waals surface area contributed by atoms with Gasteiger partial charge in [-0.2, -0.15) is 0 Å². The van der Waals surface area contributed by atoms with Crippen LogP contribution in [0.2, 0.25) is 0 Å². The van der Waals surface area contributed by atoms with Gasteiger partial charge in [0, 0.05) is 12.8 Å².